The Morgan fingerprint density at radius 2 is 2.18 bits per heavy atom. The normalized spacial score (nSPS) is 14.4. The highest BCUT2D eigenvalue weighted by Crippen LogP contribution is 2.28. The topological polar surface area (TPSA) is 84.3 Å². The molecule has 0 amide bonds. The molecule has 2 aromatic rings. The van der Waals surface area contributed by atoms with E-state index in [1.807, 2.05) is 6.07 Å². The van der Waals surface area contributed by atoms with E-state index in [1.54, 1.807) is 12.1 Å². The summed E-state index contributed by atoms with van der Waals surface area (Å²) in [6.07, 6.45) is 6.54. The summed E-state index contributed by atoms with van der Waals surface area (Å²) in [6.45, 7) is 1.23. The van der Waals surface area contributed by atoms with Crippen LogP contribution in [0.25, 0.3) is 10.2 Å². The Morgan fingerprint density at radius 1 is 1.50 bits per heavy atom. The molecule has 22 heavy (non-hydrogen) atoms. The van der Waals surface area contributed by atoms with Gasteiger partial charge in [0.15, 0.2) is 14.6 Å². The van der Waals surface area contributed by atoms with E-state index in [-0.39, 0.29) is 12.8 Å². The molecule has 2 rings (SSSR count). The molecule has 0 bridgehead atoms. The number of hydrogen-bond donors (Lipinski definition) is 1. The Bertz CT molecular complexity index is 877. The number of carboxylic acids is 1. The van der Waals surface area contributed by atoms with Crippen LogP contribution < -0.4 is 0 Å². The second-order valence-electron chi connectivity index (χ2n) is 5.24. The fourth-order valence-electron chi connectivity index (χ4n) is 1.97. The van der Waals surface area contributed by atoms with E-state index in [4.69, 9.17) is 6.42 Å². The lowest BCUT2D eigenvalue weighted by molar-refractivity contribution is -0.139. The maximum absolute atomic E-state index is 11.8. The van der Waals surface area contributed by atoms with Gasteiger partial charge < -0.3 is 5.11 Å². The van der Waals surface area contributed by atoms with Gasteiger partial charge in [-0.1, -0.05) is 5.92 Å². The Labute approximate surface area is 132 Å². The molecule has 0 saturated heterocycles. The van der Waals surface area contributed by atoms with Gasteiger partial charge in [0, 0.05) is 18.2 Å². The molecule has 1 atom stereocenters. The number of rotatable bonds is 5. The summed E-state index contributed by atoms with van der Waals surface area (Å²) >= 11 is 1.40. The lowest BCUT2D eigenvalue weighted by Crippen LogP contribution is -2.43. The molecule has 116 valence electrons. The van der Waals surface area contributed by atoms with Gasteiger partial charge in [-0.3, -0.25) is 4.79 Å². The Balaban J connectivity index is 2.28. The molecular weight excluding hydrogens is 322 g/mol. The number of sulfone groups is 1. The summed E-state index contributed by atoms with van der Waals surface area (Å²) in [5.74, 6) is 1.20. The van der Waals surface area contributed by atoms with Gasteiger partial charge in [0.05, 0.1) is 15.2 Å². The summed E-state index contributed by atoms with van der Waals surface area (Å²) < 4.78 is 22.6. The molecule has 0 aliphatic rings. The van der Waals surface area contributed by atoms with Crippen molar-refractivity contribution in [1.29, 1.82) is 0 Å². The monoisotopic (exact) mass is 337 g/mol. The average molecular weight is 337 g/mol. The summed E-state index contributed by atoms with van der Waals surface area (Å²) in [5.41, 5.74) is 1.52. The molecule has 0 spiro atoms. The fourth-order valence-corrected chi connectivity index (χ4v) is 3.76. The van der Waals surface area contributed by atoms with Gasteiger partial charge in [0.25, 0.3) is 0 Å². The van der Waals surface area contributed by atoms with Gasteiger partial charge in [-0.25, -0.2) is 13.4 Å². The molecule has 1 aromatic carbocycles. The maximum atomic E-state index is 11.8. The second-order valence-corrected chi connectivity index (χ2v) is 8.80. The molecule has 1 aromatic heterocycles. The standard InChI is InChI=1S/C15H15NO4S2/c1-4-10-5-6-11-12(9-10)21-13(16-11)7-8-15(2,14(17)18)22(3,19)20/h1,5-6,9H,7-8H2,2-3H3,(H,17,18). The lowest BCUT2D eigenvalue weighted by atomic mass is 10.1. The van der Waals surface area contributed by atoms with Crippen molar-refractivity contribution in [2.24, 2.45) is 0 Å². The minimum Gasteiger partial charge on any atom is -0.480 e. The van der Waals surface area contributed by atoms with E-state index in [0.717, 1.165) is 22.0 Å². The number of carboxylic acid groups (broad SMARTS) is 1. The number of aromatic nitrogens is 1. The largest absolute Gasteiger partial charge is 0.480 e. The number of thiazole rings is 1. The van der Waals surface area contributed by atoms with Crippen molar-refractivity contribution >= 4 is 37.4 Å². The number of hydrogen-bond acceptors (Lipinski definition) is 5. The zero-order chi connectivity index (χ0) is 16.5. The fraction of sp³-hybridized carbons (Fsp3) is 0.333. The van der Waals surface area contributed by atoms with Crippen molar-refractivity contribution in [1.82, 2.24) is 4.98 Å². The zero-order valence-electron chi connectivity index (χ0n) is 12.2. The third kappa shape index (κ3) is 2.98. The lowest BCUT2D eigenvalue weighted by Gasteiger charge is -2.21. The van der Waals surface area contributed by atoms with Crippen LogP contribution in [0.1, 0.15) is 23.9 Å². The van der Waals surface area contributed by atoms with E-state index >= 15 is 0 Å². The zero-order valence-corrected chi connectivity index (χ0v) is 13.8. The van der Waals surface area contributed by atoms with Crippen molar-refractivity contribution in [2.75, 3.05) is 6.26 Å². The predicted molar refractivity (Wildman–Crippen MR) is 86.8 cm³/mol. The molecule has 1 heterocycles. The van der Waals surface area contributed by atoms with E-state index < -0.39 is 20.6 Å². The first kappa shape index (κ1) is 16.5. The summed E-state index contributed by atoms with van der Waals surface area (Å²) in [4.78, 5) is 15.7. The number of aryl methyl sites for hydroxylation is 1. The highest BCUT2D eigenvalue weighted by Gasteiger charge is 2.43. The number of terminal acetylenes is 1. The molecule has 0 saturated carbocycles. The van der Waals surface area contributed by atoms with Gasteiger partial charge in [-0.2, -0.15) is 0 Å². The van der Waals surface area contributed by atoms with E-state index in [9.17, 15) is 18.3 Å². The van der Waals surface area contributed by atoms with Gasteiger partial charge in [-0.05, 0) is 31.5 Å². The molecule has 1 N–H and O–H groups in total. The molecular formula is C15H15NO4S2. The number of aliphatic carboxylic acids is 1. The SMILES string of the molecule is C#Cc1ccc2nc(CCC(C)(C(=O)O)S(C)(=O)=O)sc2c1. The van der Waals surface area contributed by atoms with Crippen molar-refractivity contribution in [3.8, 4) is 12.3 Å². The molecule has 0 aliphatic carbocycles. The van der Waals surface area contributed by atoms with Crippen molar-refractivity contribution in [2.45, 2.75) is 24.5 Å². The number of fused-ring (bicyclic) bond motifs is 1. The van der Waals surface area contributed by atoms with Gasteiger partial charge >= 0.3 is 5.97 Å². The smallest absolute Gasteiger partial charge is 0.324 e. The Morgan fingerprint density at radius 3 is 2.73 bits per heavy atom. The van der Waals surface area contributed by atoms with Crippen molar-refractivity contribution < 1.29 is 18.3 Å². The molecule has 7 heteroatoms. The van der Waals surface area contributed by atoms with E-state index in [0.29, 0.717) is 5.01 Å². The average Bonchev–Trinajstić information content (AvgIpc) is 2.84. The molecule has 0 aliphatic heterocycles. The van der Waals surface area contributed by atoms with Crippen LogP contribution in [0.15, 0.2) is 18.2 Å². The molecule has 5 nitrogen and oxygen atoms in total. The van der Waals surface area contributed by atoms with E-state index in [2.05, 4.69) is 10.9 Å². The van der Waals surface area contributed by atoms with Crippen LogP contribution in [0, 0.1) is 12.3 Å². The minimum atomic E-state index is -3.72. The van der Waals surface area contributed by atoms with Crippen molar-refractivity contribution in [3.63, 3.8) is 0 Å². The van der Waals surface area contributed by atoms with Crippen LogP contribution in [0.5, 0.6) is 0 Å². The van der Waals surface area contributed by atoms with Crippen molar-refractivity contribution in [3.05, 3.63) is 28.8 Å². The Hall–Kier alpha value is -1.91. The summed E-state index contributed by atoms with van der Waals surface area (Å²) in [7, 11) is -3.72. The second kappa shape index (κ2) is 5.71. The highest BCUT2D eigenvalue weighted by atomic mass is 32.2. The highest BCUT2D eigenvalue weighted by molar-refractivity contribution is 7.92. The van der Waals surface area contributed by atoms with E-state index in [1.165, 1.54) is 18.3 Å². The number of benzene rings is 1. The third-order valence-electron chi connectivity index (χ3n) is 3.69. The Kier molecular flexibility index (Phi) is 4.27. The maximum Gasteiger partial charge on any atom is 0.324 e. The number of carbonyl (C=O) groups is 1. The van der Waals surface area contributed by atoms with Crippen LogP contribution in [0.4, 0.5) is 0 Å². The predicted octanol–water partition coefficient (Wildman–Crippen LogP) is 2.10. The van der Waals surface area contributed by atoms with Crippen LogP contribution in [-0.2, 0) is 21.1 Å². The third-order valence-corrected chi connectivity index (χ3v) is 6.78. The van der Waals surface area contributed by atoms with Gasteiger partial charge in [-0.15, -0.1) is 17.8 Å². The molecule has 0 radical (unpaired) electrons. The van der Waals surface area contributed by atoms with Gasteiger partial charge in [0.1, 0.15) is 0 Å². The van der Waals surface area contributed by atoms with Crippen LogP contribution in [-0.4, -0.2) is 35.5 Å². The molecule has 0 fully saturated rings. The van der Waals surface area contributed by atoms with Crippen LogP contribution in [0.3, 0.4) is 0 Å². The summed E-state index contributed by atoms with van der Waals surface area (Å²) in [6, 6.07) is 5.42. The van der Waals surface area contributed by atoms with Gasteiger partial charge in [0.2, 0.25) is 0 Å². The summed E-state index contributed by atoms with van der Waals surface area (Å²) in [5, 5.41) is 9.93. The first-order valence-corrected chi connectivity index (χ1v) is 9.17. The first-order chi connectivity index (χ1) is 10.2. The van der Waals surface area contributed by atoms with Crippen LogP contribution in [0.2, 0.25) is 0 Å². The minimum absolute atomic E-state index is 0.0248. The quantitative estimate of drug-likeness (QED) is 0.845. The first-order valence-electron chi connectivity index (χ1n) is 6.46. The molecule has 1 unspecified atom stereocenters. The number of nitrogens with zero attached hydrogens (tertiary/aromatic N) is 1. The van der Waals surface area contributed by atoms with Crippen LogP contribution >= 0.6 is 11.3 Å².